The number of anilines is 1. The van der Waals surface area contributed by atoms with Crippen LogP contribution in [-0.4, -0.2) is 17.6 Å². The molecule has 2 aromatic rings. The van der Waals surface area contributed by atoms with Crippen LogP contribution in [0.25, 0.3) is 0 Å². The van der Waals surface area contributed by atoms with Crippen LogP contribution in [0.5, 0.6) is 0 Å². The van der Waals surface area contributed by atoms with E-state index in [4.69, 9.17) is 0 Å². The molecule has 104 valence electrons. The molecule has 1 amide bonds. The fraction of sp³-hybridized carbons (Fsp3) is 0.167. The summed E-state index contributed by atoms with van der Waals surface area (Å²) in [6.07, 6.45) is 0. The van der Waals surface area contributed by atoms with E-state index in [2.05, 4.69) is 11.8 Å². The lowest BCUT2D eigenvalue weighted by Gasteiger charge is -2.16. The SMILES string of the molecule is CCN1C(=O)C(O)(C#Cc2ccccc2)c2ccccc21. The van der Waals surface area contributed by atoms with Crippen molar-refractivity contribution in [1.29, 1.82) is 0 Å². The van der Waals surface area contributed by atoms with Crippen molar-refractivity contribution in [2.24, 2.45) is 0 Å². The predicted octanol–water partition coefficient (Wildman–Crippen LogP) is 2.29. The number of para-hydroxylation sites is 1. The molecule has 1 N–H and O–H groups in total. The van der Waals surface area contributed by atoms with Crippen molar-refractivity contribution in [2.75, 3.05) is 11.4 Å². The molecule has 0 saturated carbocycles. The van der Waals surface area contributed by atoms with Crippen molar-refractivity contribution < 1.29 is 9.90 Å². The smallest absolute Gasteiger partial charge is 0.276 e. The molecule has 0 bridgehead atoms. The molecule has 1 unspecified atom stereocenters. The maximum absolute atomic E-state index is 12.5. The number of amides is 1. The molecule has 1 aliphatic rings. The number of aliphatic hydroxyl groups is 1. The Labute approximate surface area is 123 Å². The summed E-state index contributed by atoms with van der Waals surface area (Å²) in [5.74, 6) is 5.27. The van der Waals surface area contributed by atoms with Crippen molar-refractivity contribution in [3.05, 3.63) is 65.7 Å². The van der Waals surface area contributed by atoms with Crippen LogP contribution in [0, 0.1) is 11.8 Å². The van der Waals surface area contributed by atoms with Crippen LogP contribution in [0.15, 0.2) is 54.6 Å². The first-order chi connectivity index (χ1) is 10.2. The third kappa shape index (κ3) is 2.10. The highest BCUT2D eigenvalue weighted by atomic mass is 16.3. The number of benzene rings is 2. The van der Waals surface area contributed by atoms with Gasteiger partial charge in [0.25, 0.3) is 5.91 Å². The summed E-state index contributed by atoms with van der Waals surface area (Å²) in [5.41, 5.74) is 0.295. The van der Waals surface area contributed by atoms with Crippen LogP contribution in [0.2, 0.25) is 0 Å². The van der Waals surface area contributed by atoms with Crippen LogP contribution in [0.3, 0.4) is 0 Å². The first kappa shape index (κ1) is 13.4. The first-order valence-corrected chi connectivity index (χ1v) is 6.89. The lowest BCUT2D eigenvalue weighted by molar-refractivity contribution is -0.130. The third-order valence-corrected chi connectivity index (χ3v) is 3.62. The molecule has 2 aromatic carbocycles. The molecule has 1 aliphatic heterocycles. The summed E-state index contributed by atoms with van der Waals surface area (Å²) in [5, 5.41) is 10.8. The molecule has 3 heteroatoms. The van der Waals surface area contributed by atoms with Crippen LogP contribution in [0.1, 0.15) is 18.1 Å². The molecule has 1 heterocycles. The van der Waals surface area contributed by atoms with Crippen LogP contribution >= 0.6 is 0 Å². The third-order valence-electron chi connectivity index (χ3n) is 3.62. The minimum absolute atomic E-state index is 0.380. The van der Waals surface area contributed by atoms with Gasteiger partial charge >= 0.3 is 0 Å². The molecule has 0 spiro atoms. The van der Waals surface area contributed by atoms with Crippen LogP contribution < -0.4 is 4.90 Å². The summed E-state index contributed by atoms with van der Waals surface area (Å²) in [6.45, 7) is 2.39. The van der Waals surface area contributed by atoms with E-state index in [-0.39, 0.29) is 5.91 Å². The number of hydrogen-bond acceptors (Lipinski definition) is 2. The average molecular weight is 277 g/mol. The number of rotatable bonds is 1. The summed E-state index contributed by atoms with van der Waals surface area (Å²) >= 11 is 0. The van der Waals surface area contributed by atoms with Crippen LogP contribution in [0.4, 0.5) is 5.69 Å². The van der Waals surface area contributed by atoms with Crippen molar-refractivity contribution in [3.63, 3.8) is 0 Å². The van der Waals surface area contributed by atoms with E-state index >= 15 is 0 Å². The predicted molar refractivity (Wildman–Crippen MR) is 81.7 cm³/mol. The van der Waals surface area contributed by atoms with Gasteiger partial charge in [0.2, 0.25) is 5.60 Å². The van der Waals surface area contributed by atoms with Crippen molar-refractivity contribution in [2.45, 2.75) is 12.5 Å². The number of nitrogens with zero attached hydrogens (tertiary/aromatic N) is 1. The van der Waals surface area contributed by atoms with Gasteiger partial charge in [0.1, 0.15) is 0 Å². The zero-order valence-corrected chi connectivity index (χ0v) is 11.7. The fourth-order valence-electron chi connectivity index (χ4n) is 2.55. The second-order valence-corrected chi connectivity index (χ2v) is 4.89. The van der Waals surface area contributed by atoms with Gasteiger partial charge < -0.3 is 10.0 Å². The topological polar surface area (TPSA) is 40.5 Å². The summed E-state index contributed by atoms with van der Waals surface area (Å²) in [4.78, 5) is 14.1. The number of carbonyl (C=O) groups is 1. The molecular weight excluding hydrogens is 262 g/mol. The molecule has 3 nitrogen and oxygen atoms in total. The zero-order valence-electron chi connectivity index (χ0n) is 11.7. The van der Waals surface area contributed by atoms with Crippen molar-refractivity contribution in [3.8, 4) is 11.8 Å². The lowest BCUT2D eigenvalue weighted by Crippen LogP contribution is -2.39. The first-order valence-electron chi connectivity index (χ1n) is 6.89. The van der Waals surface area contributed by atoms with Gasteiger partial charge in [-0.05, 0) is 31.0 Å². The van der Waals surface area contributed by atoms with E-state index in [0.29, 0.717) is 12.1 Å². The Morgan fingerprint density at radius 1 is 1.10 bits per heavy atom. The largest absolute Gasteiger partial charge is 0.366 e. The summed E-state index contributed by atoms with van der Waals surface area (Å²) in [7, 11) is 0. The van der Waals surface area contributed by atoms with E-state index in [1.807, 2.05) is 49.4 Å². The minimum Gasteiger partial charge on any atom is -0.366 e. The Morgan fingerprint density at radius 3 is 2.48 bits per heavy atom. The van der Waals surface area contributed by atoms with Gasteiger partial charge in [0, 0.05) is 17.7 Å². The van der Waals surface area contributed by atoms with E-state index in [9.17, 15) is 9.90 Å². The fourth-order valence-corrected chi connectivity index (χ4v) is 2.55. The molecule has 21 heavy (non-hydrogen) atoms. The molecular formula is C18H15NO2. The van der Waals surface area contributed by atoms with Gasteiger partial charge in [-0.2, -0.15) is 0 Å². The van der Waals surface area contributed by atoms with Gasteiger partial charge in [0.05, 0.1) is 5.69 Å². The Bertz CT molecular complexity index is 743. The molecule has 0 aromatic heterocycles. The van der Waals surface area contributed by atoms with E-state index < -0.39 is 5.60 Å². The van der Waals surface area contributed by atoms with Gasteiger partial charge in [-0.1, -0.05) is 42.3 Å². The van der Waals surface area contributed by atoms with Gasteiger partial charge in [0.15, 0.2) is 0 Å². The quantitative estimate of drug-likeness (QED) is 0.812. The van der Waals surface area contributed by atoms with Gasteiger partial charge in [-0.15, -0.1) is 0 Å². The monoisotopic (exact) mass is 277 g/mol. The second kappa shape index (κ2) is 5.08. The highest BCUT2D eigenvalue weighted by molar-refractivity contribution is 6.09. The van der Waals surface area contributed by atoms with Crippen molar-refractivity contribution >= 4 is 11.6 Å². The lowest BCUT2D eigenvalue weighted by atomic mass is 9.96. The number of carbonyl (C=O) groups excluding carboxylic acids is 1. The standard InChI is InChI=1S/C18H15NO2/c1-2-19-16-11-7-6-10-15(16)18(21,17(19)20)13-12-14-8-4-3-5-9-14/h3-11,21H,2H2,1H3. The minimum atomic E-state index is -1.76. The maximum Gasteiger partial charge on any atom is 0.276 e. The summed E-state index contributed by atoms with van der Waals surface area (Å²) in [6, 6.07) is 16.6. The molecule has 0 radical (unpaired) electrons. The second-order valence-electron chi connectivity index (χ2n) is 4.89. The van der Waals surface area contributed by atoms with Crippen molar-refractivity contribution in [1.82, 2.24) is 0 Å². The Balaban J connectivity index is 2.09. The zero-order chi connectivity index (χ0) is 14.9. The molecule has 0 aliphatic carbocycles. The molecule has 1 atom stereocenters. The van der Waals surface area contributed by atoms with E-state index in [1.165, 1.54) is 0 Å². The molecule has 3 rings (SSSR count). The maximum atomic E-state index is 12.5. The number of hydrogen-bond donors (Lipinski definition) is 1. The van der Waals surface area contributed by atoms with Gasteiger partial charge in [-0.3, -0.25) is 4.79 Å². The van der Waals surface area contributed by atoms with E-state index in [0.717, 1.165) is 11.3 Å². The molecule has 0 saturated heterocycles. The number of fused-ring (bicyclic) bond motifs is 1. The highest BCUT2D eigenvalue weighted by Crippen LogP contribution is 2.39. The summed E-state index contributed by atoms with van der Waals surface area (Å²) < 4.78 is 0. The Hall–Kier alpha value is -2.57. The molecule has 0 fully saturated rings. The van der Waals surface area contributed by atoms with Gasteiger partial charge in [-0.25, -0.2) is 0 Å². The van der Waals surface area contributed by atoms with E-state index in [1.54, 1.807) is 17.0 Å². The number of likely N-dealkylation sites (N-methyl/N-ethyl adjacent to an activating group) is 1. The highest BCUT2D eigenvalue weighted by Gasteiger charge is 2.48. The van der Waals surface area contributed by atoms with Crippen LogP contribution in [-0.2, 0) is 10.4 Å². The average Bonchev–Trinajstić information content (AvgIpc) is 2.75. The Morgan fingerprint density at radius 2 is 1.76 bits per heavy atom. The normalized spacial score (nSPS) is 19.9. The Kier molecular flexibility index (Phi) is 3.25.